The molecule has 0 heterocycles. The van der Waals surface area contributed by atoms with Gasteiger partial charge in [0.2, 0.25) is 0 Å². The van der Waals surface area contributed by atoms with Crippen LogP contribution in [0.1, 0.15) is 12.5 Å². The van der Waals surface area contributed by atoms with Crippen LogP contribution in [0.4, 0.5) is 5.69 Å². The molecule has 0 aliphatic heterocycles. The van der Waals surface area contributed by atoms with Crippen molar-refractivity contribution in [1.29, 1.82) is 0 Å². The molecular weight excluding hydrogens is 278 g/mol. The summed E-state index contributed by atoms with van der Waals surface area (Å²) >= 11 is 0. The van der Waals surface area contributed by atoms with Crippen LogP contribution in [0.25, 0.3) is 6.08 Å². The van der Waals surface area contributed by atoms with Crippen molar-refractivity contribution < 1.29 is 14.6 Å². The normalized spacial score (nSPS) is 10.6. The van der Waals surface area contributed by atoms with E-state index in [2.05, 4.69) is 0 Å². The molecule has 0 aliphatic carbocycles. The Kier molecular flexibility index (Phi) is 5.20. The lowest BCUT2D eigenvalue weighted by molar-refractivity contribution is -0.113. The van der Waals surface area contributed by atoms with Crippen molar-refractivity contribution in [3.8, 4) is 11.5 Å². The van der Waals surface area contributed by atoms with Crippen molar-refractivity contribution in [2.45, 2.75) is 6.92 Å². The van der Waals surface area contributed by atoms with Crippen molar-refractivity contribution in [3.63, 3.8) is 0 Å². The number of nitrogens with zero attached hydrogens (tertiary/aromatic N) is 1. The van der Waals surface area contributed by atoms with Gasteiger partial charge in [0, 0.05) is 18.8 Å². The van der Waals surface area contributed by atoms with Gasteiger partial charge in [-0.2, -0.15) is 0 Å². The van der Waals surface area contributed by atoms with Gasteiger partial charge in [-0.1, -0.05) is 12.1 Å². The van der Waals surface area contributed by atoms with E-state index in [4.69, 9.17) is 4.74 Å². The zero-order valence-corrected chi connectivity index (χ0v) is 12.7. The van der Waals surface area contributed by atoms with Crippen LogP contribution in [0, 0.1) is 0 Å². The fraction of sp³-hybridized carbons (Fsp3) is 0.167. The standard InChI is InChI=1S/C18H19NO3/c1-3-22-17-11-4-14(5-12-17)6-13-18(21)19(2)15-7-9-16(20)10-8-15/h4-13,20H,3H2,1-2H3/b13-6+. The molecule has 0 saturated carbocycles. The first-order chi connectivity index (χ1) is 10.6. The van der Waals surface area contributed by atoms with Gasteiger partial charge in [0.05, 0.1) is 6.61 Å². The van der Waals surface area contributed by atoms with Crippen molar-refractivity contribution >= 4 is 17.7 Å². The minimum atomic E-state index is -0.139. The Hall–Kier alpha value is -2.75. The molecule has 0 bridgehead atoms. The molecule has 2 aromatic carbocycles. The zero-order valence-electron chi connectivity index (χ0n) is 12.7. The third kappa shape index (κ3) is 4.12. The zero-order chi connectivity index (χ0) is 15.9. The second-order valence-electron chi connectivity index (χ2n) is 4.75. The number of benzene rings is 2. The molecule has 0 unspecified atom stereocenters. The molecule has 0 saturated heterocycles. The van der Waals surface area contributed by atoms with E-state index in [-0.39, 0.29) is 11.7 Å². The molecule has 22 heavy (non-hydrogen) atoms. The lowest BCUT2D eigenvalue weighted by Crippen LogP contribution is -2.23. The summed E-state index contributed by atoms with van der Waals surface area (Å²) in [7, 11) is 1.69. The molecule has 0 aliphatic rings. The van der Waals surface area contributed by atoms with Gasteiger partial charge in [-0.05, 0) is 55.0 Å². The number of phenols is 1. The fourth-order valence-corrected chi connectivity index (χ4v) is 1.92. The van der Waals surface area contributed by atoms with Crippen LogP contribution >= 0.6 is 0 Å². The Morgan fingerprint density at radius 2 is 1.77 bits per heavy atom. The number of hydrogen-bond donors (Lipinski definition) is 1. The molecule has 0 aromatic heterocycles. The summed E-state index contributed by atoms with van der Waals surface area (Å²) in [5.74, 6) is 0.848. The van der Waals surface area contributed by atoms with Gasteiger partial charge >= 0.3 is 0 Å². The van der Waals surface area contributed by atoms with Gasteiger partial charge in [0.1, 0.15) is 11.5 Å². The van der Waals surface area contributed by atoms with Gasteiger partial charge in [0.15, 0.2) is 0 Å². The summed E-state index contributed by atoms with van der Waals surface area (Å²) in [5, 5.41) is 9.26. The van der Waals surface area contributed by atoms with Crippen molar-refractivity contribution in [1.82, 2.24) is 0 Å². The Morgan fingerprint density at radius 3 is 2.36 bits per heavy atom. The third-order valence-electron chi connectivity index (χ3n) is 3.18. The first kappa shape index (κ1) is 15.6. The minimum Gasteiger partial charge on any atom is -0.508 e. The first-order valence-corrected chi connectivity index (χ1v) is 7.08. The molecule has 1 N–H and O–H groups in total. The van der Waals surface area contributed by atoms with Crippen LogP contribution in [0.3, 0.4) is 0 Å². The fourth-order valence-electron chi connectivity index (χ4n) is 1.92. The van der Waals surface area contributed by atoms with Crippen LogP contribution < -0.4 is 9.64 Å². The lowest BCUT2D eigenvalue weighted by atomic mass is 10.2. The summed E-state index contributed by atoms with van der Waals surface area (Å²) in [6.45, 7) is 2.57. The van der Waals surface area contributed by atoms with E-state index in [1.807, 2.05) is 31.2 Å². The third-order valence-corrected chi connectivity index (χ3v) is 3.18. The molecule has 0 atom stereocenters. The van der Waals surface area contributed by atoms with E-state index in [1.54, 1.807) is 37.4 Å². The number of carbonyl (C=O) groups is 1. The topological polar surface area (TPSA) is 49.8 Å². The maximum absolute atomic E-state index is 12.1. The Balaban J connectivity index is 2.02. The number of aromatic hydroxyl groups is 1. The van der Waals surface area contributed by atoms with E-state index in [9.17, 15) is 9.90 Å². The maximum atomic E-state index is 12.1. The summed E-state index contributed by atoms with van der Waals surface area (Å²) in [4.78, 5) is 13.6. The summed E-state index contributed by atoms with van der Waals surface area (Å²) in [6, 6.07) is 14.0. The minimum absolute atomic E-state index is 0.139. The number of phenolic OH excluding ortho intramolecular Hbond substituents is 1. The summed E-state index contributed by atoms with van der Waals surface area (Å²) in [6.07, 6.45) is 3.28. The first-order valence-electron chi connectivity index (χ1n) is 7.08. The molecule has 0 radical (unpaired) electrons. The average Bonchev–Trinajstić information content (AvgIpc) is 2.54. The van der Waals surface area contributed by atoms with Crippen LogP contribution in [0.15, 0.2) is 54.6 Å². The van der Waals surface area contributed by atoms with Gasteiger partial charge in [-0.3, -0.25) is 4.79 Å². The number of likely N-dealkylation sites (N-methyl/N-ethyl adjacent to an activating group) is 1. The molecule has 1 amide bonds. The molecule has 0 fully saturated rings. The van der Waals surface area contributed by atoms with Crippen molar-refractivity contribution in [3.05, 3.63) is 60.2 Å². The maximum Gasteiger partial charge on any atom is 0.250 e. The van der Waals surface area contributed by atoms with E-state index in [0.717, 1.165) is 17.0 Å². The number of carbonyl (C=O) groups excluding carboxylic acids is 1. The number of hydrogen-bond acceptors (Lipinski definition) is 3. The predicted molar refractivity (Wildman–Crippen MR) is 88.2 cm³/mol. The number of rotatable bonds is 5. The van der Waals surface area contributed by atoms with Crippen LogP contribution in [-0.2, 0) is 4.79 Å². The SMILES string of the molecule is CCOc1ccc(/C=C/C(=O)N(C)c2ccc(O)cc2)cc1. The van der Waals surface area contributed by atoms with E-state index >= 15 is 0 Å². The van der Waals surface area contributed by atoms with Gasteiger partial charge in [0.25, 0.3) is 5.91 Å². The largest absolute Gasteiger partial charge is 0.508 e. The van der Waals surface area contributed by atoms with Crippen LogP contribution in [-0.4, -0.2) is 24.7 Å². The summed E-state index contributed by atoms with van der Waals surface area (Å²) in [5.41, 5.74) is 1.65. The molecule has 4 heteroatoms. The quantitative estimate of drug-likeness (QED) is 0.860. The smallest absolute Gasteiger partial charge is 0.250 e. The Bertz CT molecular complexity index is 645. The highest BCUT2D eigenvalue weighted by atomic mass is 16.5. The highest BCUT2D eigenvalue weighted by molar-refractivity contribution is 6.03. The lowest BCUT2D eigenvalue weighted by Gasteiger charge is -2.15. The molecule has 2 aromatic rings. The monoisotopic (exact) mass is 297 g/mol. The predicted octanol–water partition coefficient (Wildman–Crippen LogP) is 3.47. The van der Waals surface area contributed by atoms with E-state index in [0.29, 0.717) is 6.61 Å². The Labute approximate surface area is 130 Å². The van der Waals surface area contributed by atoms with Crippen molar-refractivity contribution in [2.24, 2.45) is 0 Å². The molecule has 114 valence electrons. The number of ether oxygens (including phenoxy) is 1. The molecule has 0 spiro atoms. The van der Waals surface area contributed by atoms with E-state index in [1.165, 1.54) is 11.0 Å². The average molecular weight is 297 g/mol. The molecule has 4 nitrogen and oxygen atoms in total. The van der Waals surface area contributed by atoms with E-state index < -0.39 is 0 Å². The van der Waals surface area contributed by atoms with Crippen molar-refractivity contribution in [2.75, 3.05) is 18.6 Å². The molecular formula is C18H19NO3. The highest BCUT2D eigenvalue weighted by Gasteiger charge is 2.07. The van der Waals surface area contributed by atoms with Gasteiger partial charge in [-0.25, -0.2) is 0 Å². The highest BCUT2D eigenvalue weighted by Crippen LogP contribution is 2.18. The van der Waals surface area contributed by atoms with Gasteiger partial charge < -0.3 is 14.7 Å². The second kappa shape index (κ2) is 7.31. The van der Waals surface area contributed by atoms with Gasteiger partial charge in [-0.15, -0.1) is 0 Å². The Morgan fingerprint density at radius 1 is 1.14 bits per heavy atom. The van der Waals surface area contributed by atoms with Crippen LogP contribution in [0.2, 0.25) is 0 Å². The molecule has 2 rings (SSSR count). The number of amides is 1. The number of anilines is 1. The summed E-state index contributed by atoms with van der Waals surface area (Å²) < 4.78 is 5.37. The second-order valence-corrected chi connectivity index (χ2v) is 4.75. The van der Waals surface area contributed by atoms with Crippen LogP contribution in [0.5, 0.6) is 11.5 Å².